The lowest BCUT2D eigenvalue weighted by atomic mass is 9.79. The Labute approximate surface area is 171 Å². The molecule has 6 heteroatoms. The average molecular weight is 393 g/mol. The second-order valence-electron chi connectivity index (χ2n) is 8.28. The molecule has 0 radical (unpaired) electrons. The molecule has 2 aliphatic rings. The Morgan fingerprint density at radius 3 is 2.62 bits per heavy atom. The summed E-state index contributed by atoms with van der Waals surface area (Å²) in [6, 6.07) is 14.9. The zero-order valence-electron chi connectivity index (χ0n) is 17.0. The molecule has 3 atom stereocenters. The number of carbonyl (C=O) groups excluding carboxylic acids is 2. The van der Waals surface area contributed by atoms with Crippen LogP contribution in [-0.4, -0.2) is 25.0 Å². The Morgan fingerprint density at radius 1 is 1.21 bits per heavy atom. The minimum atomic E-state index is -1.04. The summed E-state index contributed by atoms with van der Waals surface area (Å²) in [4.78, 5) is 26.5. The van der Waals surface area contributed by atoms with Gasteiger partial charge in [-0.3, -0.25) is 14.9 Å². The van der Waals surface area contributed by atoms with Gasteiger partial charge in [0.05, 0.1) is 13.0 Å². The first kappa shape index (κ1) is 19.5. The smallest absolute Gasteiger partial charge is 0.250 e. The number of ether oxygens (including phenoxy) is 1. The van der Waals surface area contributed by atoms with Crippen molar-refractivity contribution < 1.29 is 14.3 Å². The fourth-order valence-electron chi connectivity index (χ4n) is 4.64. The van der Waals surface area contributed by atoms with E-state index in [4.69, 9.17) is 4.74 Å². The van der Waals surface area contributed by atoms with Gasteiger partial charge in [-0.2, -0.15) is 0 Å². The average Bonchev–Trinajstić information content (AvgIpc) is 3.21. The normalized spacial score (nSPS) is 25.2. The van der Waals surface area contributed by atoms with E-state index in [2.05, 4.69) is 29.8 Å². The highest BCUT2D eigenvalue weighted by Gasteiger charge is 2.59. The molecular formula is C23H27N3O3. The van der Waals surface area contributed by atoms with Crippen LogP contribution in [-0.2, 0) is 15.1 Å². The molecule has 4 rings (SSSR count). The van der Waals surface area contributed by atoms with Crippen LogP contribution in [0, 0.1) is 11.8 Å². The van der Waals surface area contributed by atoms with Gasteiger partial charge in [0.2, 0.25) is 11.8 Å². The van der Waals surface area contributed by atoms with Gasteiger partial charge in [-0.05, 0) is 49.1 Å². The first-order valence-corrected chi connectivity index (χ1v) is 10.1. The Balaban J connectivity index is 1.67. The first-order chi connectivity index (χ1) is 13.9. The minimum Gasteiger partial charge on any atom is -0.497 e. The molecule has 2 heterocycles. The Kier molecular flexibility index (Phi) is 5.04. The SMILES string of the molecule is COc1ccc(NC(=O)[C@@H]2C[C@H](CC(C)C)N[C@]23C(=O)Nc2ccccc23)cc1. The van der Waals surface area contributed by atoms with Crippen molar-refractivity contribution in [3.8, 4) is 5.75 Å². The molecule has 1 fully saturated rings. The number of hydrogen-bond donors (Lipinski definition) is 3. The number of amides is 2. The Morgan fingerprint density at radius 2 is 1.93 bits per heavy atom. The molecule has 2 amide bonds. The van der Waals surface area contributed by atoms with Crippen LogP contribution in [0.15, 0.2) is 48.5 Å². The quantitative estimate of drug-likeness (QED) is 0.726. The number of benzene rings is 2. The highest BCUT2D eigenvalue weighted by molar-refractivity contribution is 6.10. The summed E-state index contributed by atoms with van der Waals surface area (Å²) in [5, 5.41) is 9.51. The van der Waals surface area contributed by atoms with E-state index < -0.39 is 11.5 Å². The molecule has 2 aromatic rings. The predicted molar refractivity (Wildman–Crippen MR) is 113 cm³/mol. The second-order valence-corrected chi connectivity index (χ2v) is 8.28. The number of fused-ring (bicyclic) bond motifs is 2. The molecule has 0 bridgehead atoms. The maximum absolute atomic E-state index is 13.4. The van der Waals surface area contributed by atoms with Crippen LogP contribution in [0.1, 0.15) is 32.3 Å². The monoisotopic (exact) mass is 393 g/mol. The van der Waals surface area contributed by atoms with Gasteiger partial charge in [-0.1, -0.05) is 32.0 Å². The summed E-state index contributed by atoms with van der Waals surface area (Å²) in [6.07, 6.45) is 1.52. The van der Waals surface area contributed by atoms with Crippen molar-refractivity contribution in [1.82, 2.24) is 5.32 Å². The molecule has 152 valence electrons. The van der Waals surface area contributed by atoms with Gasteiger partial charge in [-0.15, -0.1) is 0 Å². The second kappa shape index (κ2) is 7.52. The number of rotatable bonds is 5. The van der Waals surface area contributed by atoms with Gasteiger partial charge in [0, 0.05) is 23.0 Å². The number of nitrogens with one attached hydrogen (secondary N) is 3. The number of methoxy groups -OCH3 is 1. The van der Waals surface area contributed by atoms with E-state index in [1.807, 2.05) is 24.3 Å². The molecule has 0 unspecified atom stereocenters. The summed E-state index contributed by atoms with van der Waals surface area (Å²) in [5.41, 5.74) is 1.28. The summed E-state index contributed by atoms with van der Waals surface area (Å²) in [6.45, 7) is 4.31. The van der Waals surface area contributed by atoms with Crippen LogP contribution in [0.4, 0.5) is 11.4 Å². The fraction of sp³-hybridized carbons (Fsp3) is 0.391. The maximum Gasteiger partial charge on any atom is 0.250 e. The molecule has 6 nitrogen and oxygen atoms in total. The summed E-state index contributed by atoms with van der Waals surface area (Å²) < 4.78 is 5.18. The lowest BCUT2D eigenvalue weighted by Gasteiger charge is -2.29. The molecule has 0 saturated carbocycles. The van der Waals surface area contributed by atoms with E-state index in [0.717, 1.165) is 23.4 Å². The molecule has 2 aromatic carbocycles. The number of para-hydroxylation sites is 1. The molecule has 1 saturated heterocycles. The van der Waals surface area contributed by atoms with Crippen molar-refractivity contribution in [2.24, 2.45) is 11.8 Å². The lowest BCUT2D eigenvalue weighted by Crippen LogP contribution is -2.52. The summed E-state index contributed by atoms with van der Waals surface area (Å²) >= 11 is 0. The Hall–Kier alpha value is -2.86. The molecule has 1 spiro atoms. The van der Waals surface area contributed by atoms with E-state index in [0.29, 0.717) is 18.0 Å². The molecule has 29 heavy (non-hydrogen) atoms. The first-order valence-electron chi connectivity index (χ1n) is 10.1. The van der Waals surface area contributed by atoms with Crippen LogP contribution in [0.2, 0.25) is 0 Å². The van der Waals surface area contributed by atoms with Gasteiger partial charge in [-0.25, -0.2) is 0 Å². The molecule has 0 aromatic heterocycles. The van der Waals surface area contributed by atoms with Crippen molar-refractivity contribution in [2.45, 2.75) is 38.3 Å². The zero-order valence-corrected chi connectivity index (χ0v) is 17.0. The molecular weight excluding hydrogens is 366 g/mol. The van der Waals surface area contributed by atoms with Crippen molar-refractivity contribution in [3.05, 3.63) is 54.1 Å². The molecule has 0 aliphatic carbocycles. The standard InChI is InChI=1S/C23H27N3O3/c1-14(2)12-16-13-19(21(27)24-15-8-10-17(29-3)11-9-15)23(26-16)18-6-4-5-7-20(18)25-22(23)28/h4-11,14,16,19,26H,12-13H2,1-3H3,(H,24,27)(H,25,28)/t16-,19-,23-/m0/s1. The van der Waals surface area contributed by atoms with Crippen LogP contribution in [0.5, 0.6) is 5.75 Å². The van der Waals surface area contributed by atoms with Crippen molar-refractivity contribution in [1.29, 1.82) is 0 Å². The largest absolute Gasteiger partial charge is 0.497 e. The van der Waals surface area contributed by atoms with Crippen LogP contribution < -0.4 is 20.7 Å². The third kappa shape index (κ3) is 3.38. The summed E-state index contributed by atoms with van der Waals surface area (Å²) in [7, 11) is 1.60. The lowest BCUT2D eigenvalue weighted by molar-refractivity contribution is -0.130. The highest BCUT2D eigenvalue weighted by atomic mass is 16.5. The van der Waals surface area contributed by atoms with Crippen LogP contribution in [0.3, 0.4) is 0 Å². The molecule has 2 aliphatic heterocycles. The van der Waals surface area contributed by atoms with E-state index in [-0.39, 0.29) is 17.9 Å². The molecule has 3 N–H and O–H groups in total. The number of carbonyl (C=O) groups is 2. The van der Waals surface area contributed by atoms with E-state index in [9.17, 15) is 9.59 Å². The third-order valence-corrected chi connectivity index (χ3v) is 5.86. The van der Waals surface area contributed by atoms with Crippen LogP contribution in [0.25, 0.3) is 0 Å². The van der Waals surface area contributed by atoms with Crippen LogP contribution >= 0.6 is 0 Å². The van der Waals surface area contributed by atoms with Crippen molar-refractivity contribution in [2.75, 3.05) is 17.7 Å². The van der Waals surface area contributed by atoms with E-state index in [1.165, 1.54) is 0 Å². The highest BCUT2D eigenvalue weighted by Crippen LogP contribution is 2.48. The van der Waals surface area contributed by atoms with Crippen molar-refractivity contribution in [3.63, 3.8) is 0 Å². The fourth-order valence-corrected chi connectivity index (χ4v) is 4.64. The van der Waals surface area contributed by atoms with Gasteiger partial charge in [0.1, 0.15) is 11.3 Å². The minimum absolute atomic E-state index is 0.0959. The number of hydrogen-bond acceptors (Lipinski definition) is 4. The van der Waals surface area contributed by atoms with Gasteiger partial charge in [0.15, 0.2) is 0 Å². The van der Waals surface area contributed by atoms with Gasteiger partial charge >= 0.3 is 0 Å². The van der Waals surface area contributed by atoms with Crippen molar-refractivity contribution >= 4 is 23.2 Å². The van der Waals surface area contributed by atoms with E-state index in [1.54, 1.807) is 31.4 Å². The van der Waals surface area contributed by atoms with Gasteiger partial charge in [0.25, 0.3) is 0 Å². The zero-order chi connectivity index (χ0) is 20.6. The Bertz CT molecular complexity index is 925. The summed E-state index contributed by atoms with van der Waals surface area (Å²) in [5.74, 6) is 0.383. The third-order valence-electron chi connectivity index (χ3n) is 5.86. The topological polar surface area (TPSA) is 79.5 Å². The number of anilines is 2. The predicted octanol–water partition coefficient (Wildman–Crippen LogP) is 3.51. The van der Waals surface area contributed by atoms with E-state index >= 15 is 0 Å². The maximum atomic E-state index is 13.4. The van der Waals surface area contributed by atoms with Gasteiger partial charge < -0.3 is 15.4 Å².